The van der Waals surface area contributed by atoms with Crippen molar-refractivity contribution < 1.29 is 22.1 Å². The number of benzene rings is 1. The van der Waals surface area contributed by atoms with Crippen LogP contribution in [0.1, 0.15) is 32.0 Å². The number of hydrogen-bond acceptors (Lipinski definition) is 10. The van der Waals surface area contributed by atoms with Crippen LogP contribution in [0, 0.1) is 6.92 Å². The highest BCUT2D eigenvalue weighted by atomic mass is 32.2. The van der Waals surface area contributed by atoms with Crippen LogP contribution in [-0.2, 0) is 25.6 Å². The minimum absolute atomic E-state index is 0.0789. The molecule has 1 amide bonds. The first-order chi connectivity index (χ1) is 16.5. The van der Waals surface area contributed by atoms with Gasteiger partial charge in [-0.05, 0) is 45.9 Å². The molecule has 11 nitrogen and oxygen atoms in total. The van der Waals surface area contributed by atoms with Crippen molar-refractivity contribution in [1.82, 2.24) is 25.3 Å². The van der Waals surface area contributed by atoms with Gasteiger partial charge in [-0.15, -0.1) is 0 Å². The summed E-state index contributed by atoms with van der Waals surface area (Å²) < 4.78 is 35.1. The number of amides is 1. The quantitative estimate of drug-likeness (QED) is 0.332. The number of carbonyl (C=O) groups excluding carboxylic acids is 1. The maximum atomic E-state index is 12.4. The van der Waals surface area contributed by atoms with Crippen molar-refractivity contribution in [3.8, 4) is 11.4 Å². The molecule has 2 heterocycles. The maximum absolute atomic E-state index is 12.4. The van der Waals surface area contributed by atoms with Crippen LogP contribution in [0.5, 0.6) is 0 Å². The van der Waals surface area contributed by atoms with E-state index in [1.54, 1.807) is 51.4 Å². The second-order valence-electron chi connectivity index (χ2n) is 8.55. The Morgan fingerprint density at radius 3 is 2.34 bits per heavy atom. The topological polar surface area (TPSA) is 145 Å². The van der Waals surface area contributed by atoms with Crippen LogP contribution in [0.2, 0.25) is 0 Å². The summed E-state index contributed by atoms with van der Waals surface area (Å²) in [4.78, 5) is 28.7. The molecule has 0 saturated heterocycles. The highest BCUT2D eigenvalue weighted by Gasteiger charge is 2.17. The highest BCUT2D eigenvalue weighted by Crippen LogP contribution is 2.17. The van der Waals surface area contributed by atoms with Crippen molar-refractivity contribution in [3.05, 3.63) is 60.2 Å². The molecular formula is C23H28N6O5S. The fourth-order valence-corrected chi connectivity index (χ4v) is 3.60. The van der Waals surface area contributed by atoms with Crippen molar-refractivity contribution in [2.45, 2.75) is 44.8 Å². The number of alkyl carbamates (subject to hydrolysis) is 1. The van der Waals surface area contributed by atoms with Crippen LogP contribution in [0.15, 0.2) is 53.8 Å². The monoisotopic (exact) mass is 500 g/mol. The van der Waals surface area contributed by atoms with Gasteiger partial charge in [-0.3, -0.25) is 4.18 Å². The molecule has 0 aliphatic rings. The molecule has 186 valence electrons. The highest BCUT2D eigenvalue weighted by molar-refractivity contribution is 7.86. The van der Waals surface area contributed by atoms with E-state index in [0.717, 1.165) is 5.56 Å². The Bertz CT molecular complexity index is 1240. The number of hydrogen-bond donors (Lipinski definition) is 2. The van der Waals surface area contributed by atoms with Gasteiger partial charge < -0.3 is 15.4 Å². The lowest BCUT2D eigenvalue weighted by atomic mass is 10.2. The molecule has 3 aromatic rings. The number of nitrogens with one attached hydrogen (secondary N) is 2. The Morgan fingerprint density at radius 1 is 1.00 bits per heavy atom. The van der Waals surface area contributed by atoms with Gasteiger partial charge in [0.25, 0.3) is 10.1 Å². The van der Waals surface area contributed by atoms with E-state index in [0.29, 0.717) is 36.1 Å². The lowest BCUT2D eigenvalue weighted by Gasteiger charge is -2.19. The zero-order chi connectivity index (χ0) is 25.5. The number of aromatic nitrogens is 4. The maximum Gasteiger partial charge on any atom is 0.407 e. The van der Waals surface area contributed by atoms with Crippen molar-refractivity contribution in [2.75, 3.05) is 18.4 Å². The molecule has 1 aromatic carbocycles. The molecule has 0 radical (unpaired) electrons. The van der Waals surface area contributed by atoms with Crippen LogP contribution in [0.4, 0.5) is 10.7 Å². The van der Waals surface area contributed by atoms with Gasteiger partial charge in [-0.1, -0.05) is 17.7 Å². The fourth-order valence-electron chi connectivity index (χ4n) is 2.71. The normalized spacial score (nSPS) is 11.7. The molecule has 0 bridgehead atoms. The number of carbonyl (C=O) groups is 1. The molecule has 0 saturated carbocycles. The Hall–Kier alpha value is -3.64. The average Bonchev–Trinajstić information content (AvgIpc) is 2.80. The number of rotatable bonds is 9. The van der Waals surface area contributed by atoms with E-state index in [1.807, 2.05) is 6.92 Å². The first-order valence-corrected chi connectivity index (χ1v) is 12.2. The van der Waals surface area contributed by atoms with Crippen LogP contribution >= 0.6 is 0 Å². The van der Waals surface area contributed by atoms with Crippen molar-refractivity contribution in [1.29, 1.82) is 0 Å². The summed E-state index contributed by atoms with van der Waals surface area (Å²) in [6, 6.07) is 7.97. The van der Waals surface area contributed by atoms with Gasteiger partial charge in [-0.25, -0.2) is 24.7 Å². The third-order valence-corrected chi connectivity index (χ3v) is 5.65. The zero-order valence-electron chi connectivity index (χ0n) is 20.0. The third-order valence-electron chi connectivity index (χ3n) is 4.37. The Morgan fingerprint density at radius 2 is 1.69 bits per heavy atom. The van der Waals surface area contributed by atoms with Gasteiger partial charge in [0.05, 0.1) is 16.2 Å². The average molecular weight is 501 g/mol. The van der Waals surface area contributed by atoms with E-state index in [-0.39, 0.29) is 11.5 Å². The Kier molecular flexibility index (Phi) is 8.30. The predicted molar refractivity (Wildman–Crippen MR) is 129 cm³/mol. The zero-order valence-corrected chi connectivity index (χ0v) is 20.8. The van der Waals surface area contributed by atoms with Gasteiger partial charge in [0.1, 0.15) is 12.2 Å². The standard InChI is InChI=1S/C23H28N6O5S/c1-16-5-7-19(8-6-16)35(31,32)33-15-18-9-10-24-20(29-18)17-13-27-21(28-14-17)25-11-12-26-22(30)34-23(2,3)4/h5-10,13-14H,11-12,15H2,1-4H3,(H,26,30)(H,25,27,28). The van der Waals surface area contributed by atoms with Gasteiger partial charge in [-0.2, -0.15) is 8.42 Å². The van der Waals surface area contributed by atoms with Gasteiger partial charge in [0.2, 0.25) is 5.95 Å². The molecule has 2 aromatic heterocycles. The predicted octanol–water partition coefficient (Wildman–Crippen LogP) is 3.08. The minimum atomic E-state index is -3.91. The molecule has 35 heavy (non-hydrogen) atoms. The van der Waals surface area contributed by atoms with Crippen LogP contribution < -0.4 is 10.6 Å². The summed E-state index contributed by atoms with van der Waals surface area (Å²) in [5, 5.41) is 5.62. The second kappa shape index (κ2) is 11.2. The molecule has 0 aliphatic carbocycles. The van der Waals surface area contributed by atoms with E-state index in [9.17, 15) is 13.2 Å². The summed E-state index contributed by atoms with van der Waals surface area (Å²) >= 11 is 0. The molecule has 0 atom stereocenters. The van der Waals surface area contributed by atoms with E-state index < -0.39 is 21.8 Å². The minimum Gasteiger partial charge on any atom is -0.444 e. The van der Waals surface area contributed by atoms with Crippen LogP contribution in [-0.4, -0.2) is 53.1 Å². The molecule has 0 spiro atoms. The summed E-state index contributed by atoms with van der Waals surface area (Å²) in [5.41, 5.74) is 1.33. The largest absolute Gasteiger partial charge is 0.444 e. The molecule has 2 N–H and O–H groups in total. The SMILES string of the molecule is Cc1ccc(S(=O)(=O)OCc2ccnc(-c3cnc(NCCNC(=O)OC(C)(C)C)nc3)n2)cc1. The van der Waals surface area contributed by atoms with Crippen LogP contribution in [0.3, 0.4) is 0 Å². The first-order valence-electron chi connectivity index (χ1n) is 10.8. The third kappa shape index (κ3) is 8.26. The summed E-state index contributed by atoms with van der Waals surface area (Å²) in [5.74, 6) is 0.695. The number of anilines is 1. The van der Waals surface area contributed by atoms with Gasteiger partial charge in [0.15, 0.2) is 5.82 Å². The fraction of sp³-hybridized carbons (Fsp3) is 0.348. The number of ether oxygens (including phenoxy) is 1. The Labute approximate surface area is 204 Å². The lowest BCUT2D eigenvalue weighted by molar-refractivity contribution is 0.0530. The van der Waals surface area contributed by atoms with Gasteiger partial charge >= 0.3 is 6.09 Å². The van der Waals surface area contributed by atoms with Crippen molar-refractivity contribution in [3.63, 3.8) is 0 Å². The van der Waals surface area contributed by atoms with Crippen molar-refractivity contribution in [2.24, 2.45) is 0 Å². The van der Waals surface area contributed by atoms with E-state index >= 15 is 0 Å². The summed E-state index contributed by atoms with van der Waals surface area (Å²) in [6.45, 7) is 7.74. The Balaban J connectivity index is 1.53. The molecule has 3 rings (SSSR count). The second-order valence-corrected chi connectivity index (χ2v) is 10.2. The summed E-state index contributed by atoms with van der Waals surface area (Å²) in [7, 11) is -3.91. The molecule has 12 heteroatoms. The number of aryl methyl sites for hydroxylation is 1. The lowest BCUT2D eigenvalue weighted by Crippen LogP contribution is -2.35. The molecule has 0 unspecified atom stereocenters. The first kappa shape index (κ1) is 26.0. The van der Waals surface area contributed by atoms with E-state index in [1.165, 1.54) is 18.3 Å². The molecule has 0 aliphatic heterocycles. The van der Waals surface area contributed by atoms with Gasteiger partial charge in [0, 0.05) is 31.7 Å². The van der Waals surface area contributed by atoms with E-state index in [4.69, 9.17) is 8.92 Å². The molecule has 0 fully saturated rings. The molecular weight excluding hydrogens is 472 g/mol. The van der Waals surface area contributed by atoms with E-state index in [2.05, 4.69) is 30.6 Å². The van der Waals surface area contributed by atoms with Crippen LogP contribution in [0.25, 0.3) is 11.4 Å². The van der Waals surface area contributed by atoms with Crippen molar-refractivity contribution >= 4 is 22.2 Å². The smallest absolute Gasteiger partial charge is 0.407 e. The number of nitrogens with zero attached hydrogens (tertiary/aromatic N) is 4. The summed E-state index contributed by atoms with van der Waals surface area (Å²) in [6.07, 6.45) is 4.09.